The minimum atomic E-state index is -0.764. The van der Waals surface area contributed by atoms with Gasteiger partial charge in [-0.25, -0.2) is 4.98 Å². The van der Waals surface area contributed by atoms with Gasteiger partial charge in [0.2, 0.25) is 0 Å². The van der Waals surface area contributed by atoms with Crippen LogP contribution in [0.15, 0.2) is 11.0 Å². The molecule has 25 heavy (non-hydrogen) atoms. The van der Waals surface area contributed by atoms with Crippen LogP contribution in [0.2, 0.25) is 0 Å². The molecule has 2 heterocycles. The Morgan fingerprint density at radius 1 is 1.20 bits per heavy atom. The normalized spacial score (nSPS) is 11.0. The second-order valence-corrected chi connectivity index (χ2v) is 7.19. The van der Waals surface area contributed by atoms with Crippen LogP contribution in [0.1, 0.15) is 59.5 Å². The van der Waals surface area contributed by atoms with Gasteiger partial charge in [-0.2, -0.15) is 0 Å². The van der Waals surface area contributed by atoms with E-state index in [2.05, 4.69) is 10.3 Å². The number of hydrogen-bond acceptors (Lipinski definition) is 5. The van der Waals surface area contributed by atoms with Crippen molar-refractivity contribution in [2.24, 2.45) is 0 Å². The van der Waals surface area contributed by atoms with E-state index in [1.54, 1.807) is 0 Å². The van der Waals surface area contributed by atoms with Crippen LogP contribution in [-0.4, -0.2) is 32.9 Å². The Morgan fingerprint density at radius 3 is 2.60 bits per heavy atom. The molecule has 1 amide bonds. The predicted molar refractivity (Wildman–Crippen MR) is 96.5 cm³/mol. The third kappa shape index (κ3) is 4.88. The second-order valence-electron chi connectivity index (χ2n) is 6.01. The van der Waals surface area contributed by atoms with Crippen molar-refractivity contribution >= 4 is 28.2 Å². The van der Waals surface area contributed by atoms with Gasteiger partial charge in [0.15, 0.2) is 4.96 Å². The zero-order valence-corrected chi connectivity index (χ0v) is 15.3. The average molecular weight is 365 g/mol. The molecule has 0 radical (unpaired) electrons. The summed E-state index contributed by atoms with van der Waals surface area (Å²) in [7, 11) is 0. The summed E-state index contributed by atoms with van der Waals surface area (Å²) in [5, 5.41) is 11.3. The maximum absolute atomic E-state index is 12.5. The van der Waals surface area contributed by atoms with Gasteiger partial charge in [0.25, 0.3) is 11.5 Å². The first-order chi connectivity index (χ1) is 11.9. The van der Waals surface area contributed by atoms with Crippen LogP contribution in [0.5, 0.6) is 0 Å². The number of aryl methyl sites for hydroxylation is 2. The SMILES string of the molecule is Cc1sc2ncc(C(=O)NCCCCCCCC(=O)O)c(=O)n2c1C. The number of carbonyl (C=O) groups is 2. The number of hydrogen-bond donors (Lipinski definition) is 2. The molecule has 0 saturated carbocycles. The summed E-state index contributed by atoms with van der Waals surface area (Å²) in [6.45, 7) is 4.25. The molecule has 7 nitrogen and oxygen atoms in total. The minimum absolute atomic E-state index is 0.0554. The van der Waals surface area contributed by atoms with Crippen molar-refractivity contribution < 1.29 is 14.7 Å². The molecule has 0 bridgehead atoms. The molecule has 2 aromatic rings. The maximum atomic E-state index is 12.5. The summed E-state index contributed by atoms with van der Waals surface area (Å²) in [5.41, 5.74) is 0.534. The Hall–Kier alpha value is -2.22. The van der Waals surface area contributed by atoms with E-state index in [4.69, 9.17) is 5.11 Å². The number of carboxylic acids is 1. The first-order valence-corrected chi connectivity index (χ1v) is 9.21. The van der Waals surface area contributed by atoms with Gasteiger partial charge in [-0.1, -0.05) is 19.3 Å². The lowest BCUT2D eigenvalue weighted by Crippen LogP contribution is -2.32. The number of carboxylic acid groups (broad SMARTS) is 1. The average Bonchev–Trinajstić information content (AvgIpc) is 2.85. The van der Waals surface area contributed by atoms with Gasteiger partial charge in [-0.05, 0) is 26.7 Å². The van der Waals surface area contributed by atoms with Crippen LogP contribution < -0.4 is 10.9 Å². The standard InChI is InChI=1S/C17H23N3O4S/c1-11-12(2)25-17-19-10-13(16(24)20(11)17)15(23)18-9-7-5-3-4-6-8-14(21)22/h10H,3-9H2,1-2H3,(H,18,23)(H,21,22). The van der Waals surface area contributed by atoms with Gasteiger partial charge in [0.05, 0.1) is 0 Å². The van der Waals surface area contributed by atoms with Gasteiger partial charge in [-0.15, -0.1) is 11.3 Å². The van der Waals surface area contributed by atoms with Crippen molar-refractivity contribution in [3.8, 4) is 0 Å². The van der Waals surface area contributed by atoms with Crippen molar-refractivity contribution in [1.29, 1.82) is 0 Å². The molecule has 136 valence electrons. The number of carbonyl (C=O) groups excluding carboxylic acids is 1. The number of rotatable bonds is 9. The number of thiazole rings is 1. The van der Waals surface area contributed by atoms with Crippen molar-refractivity contribution in [3.05, 3.63) is 32.7 Å². The van der Waals surface area contributed by atoms with Gasteiger partial charge in [0, 0.05) is 29.7 Å². The van der Waals surface area contributed by atoms with Crippen LogP contribution in [-0.2, 0) is 4.79 Å². The van der Waals surface area contributed by atoms with E-state index >= 15 is 0 Å². The quantitative estimate of drug-likeness (QED) is 0.665. The van der Waals surface area contributed by atoms with Gasteiger partial charge < -0.3 is 10.4 Å². The summed E-state index contributed by atoms with van der Waals surface area (Å²) < 4.78 is 1.48. The van der Waals surface area contributed by atoms with E-state index in [0.717, 1.165) is 36.3 Å². The maximum Gasteiger partial charge on any atom is 0.303 e. The smallest absolute Gasteiger partial charge is 0.303 e. The molecule has 8 heteroatoms. The molecule has 2 rings (SSSR count). The molecule has 0 aliphatic rings. The molecular weight excluding hydrogens is 342 g/mol. The number of aromatic nitrogens is 2. The first-order valence-electron chi connectivity index (χ1n) is 8.39. The number of unbranched alkanes of at least 4 members (excludes halogenated alkanes) is 4. The summed E-state index contributed by atoms with van der Waals surface area (Å²) in [5.74, 6) is -1.17. The summed E-state index contributed by atoms with van der Waals surface area (Å²) in [4.78, 5) is 40.9. The highest BCUT2D eigenvalue weighted by atomic mass is 32.1. The molecule has 0 aromatic carbocycles. The van der Waals surface area contributed by atoms with E-state index in [1.807, 2.05) is 13.8 Å². The van der Waals surface area contributed by atoms with Crippen molar-refractivity contribution in [3.63, 3.8) is 0 Å². The topological polar surface area (TPSA) is 101 Å². The minimum Gasteiger partial charge on any atom is -0.481 e. The summed E-state index contributed by atoms with van der Waals surface area (Å²) in [6.07, 6.45) is 5.76. The van der Waals surface area contributed by atoms with Crippen LogP contribution in [0.3, 0.4) is 0 Å². The lowest BCUT2D eigenvalue weighted by Gasteiger charge is -2.05. The molecule has 0 aliphatic carbocycles. The molecule has 0 saturated heterocycles. The number of amides is 1. The number of fused-ring (bicyclic) bond motifs is 1. The second kappa shape index (κ2) is 8.75. The first kappa shape index (κ1) is 19.1. The van der Waals surface area contributed by atoms with Crippen molar-refractivity contribution in [2.45, 2.75) is 52.4 Å². The highest BCUT2D eigenvalue weighted by molar-refractivity contribution is 7.17. The van der Waals surface area contributed by atoms with E-state index in [9.17, 15) is 14.4 Å². The van der Waals surface area contributed by atoms with Crippen LogP contribution in [0, 0.1) is 13.8 Å². The van der Waals surface area contributed by atoms with Crippen LogP contribution in [0.4, 0.5) is 0 Å². The highest BCUT2D eigenvalue weighted by Gasteiger charge is 2.16. The van der Waals surface area contributed by atoms with E-state index in [1.165, 1.54) is 21.9 Å². The fraction of sp³-hybridized carbons (Fsp3) is 0.529. The highest BCUT2D eigenvalue weighted by Crippen LogP contribution is 2.18. The zero-order valence-electron chi connectivity index (χ0n) is 14.5. The summed E-state index contributed by atoms with van der Waals surface area (Å²) in [6, 6.07) is 0. The van der Waals surface area contributed by atoms with E-state index in [0.29, 0.717) is 17.9 Å². The Balaban J connectivity index is 1.82. The van der Waals surface area contributed by atoms with Crippen LogP contribution >= 0.6 is 11.3 Å². The van der Waals surface area contributed by atoms with Gasteiger partial charge >= 0.3 is 5.97 Å². The lowest BCUT2D eigenvalue weighted by atomic mass is 10.1. The Bertz CT molecular complexity index is 825. The molecule has 0 aliphatic heterocycles. The third-order valence-corrected chi connectivity index (χ3v) is 5.19. The zero-order chi connectivity index (χ0) is 18.4. The molecule has 2 N–H and O–H groups in total. The molecule has 0 fully saturated rings. The van der Waals surface area contributed by atoms with E-state index < -0.39 is 11.9 Å². The largest absolute Gasteiger partial charge is 0.481 e. The molecule has 0 spiro atoms. The fourth-order valence-corrected chi connectivity index (χ4v) is 3.49. The predicted octanol–water partition coefficient (Wildman–Crippen LogP) is 2.53. The van der Waals surface area contributed by atoms with Crippen molar-refractivity contribution in [2.75, 3.05) is 6.54 Å². The van der Waals surface area contributed by atoms with E-state index in [-0.39, 0.29) is 17.5 Å². The molecule has 0 unspecified atom stereocenters. The summed E-state index contributed by atoms with van der Waals surface area (Å²) >= 11 is 1.43. The molecule has 2 aromatic heterocycles. The molecular formula is C17H23N3O4S. The fourth-order valence-electron chi connectivity index (χ4n) is 2.56. The number of nitrogens with zero attached hydrogens (tertiary/aromatic N) is 2. The Morgan fingerprint density at radius 2 is 1.88 bits per heavy atom. The van der Waals surface area contributed by atoms with Gasteiger partial charge in [-0.3, -0.25) is 18.8 Å². The number of aliphatic carboxylic acids is 1. The monoisotopic (exact) mass is 365 g/mol. The number of nitrogens with one attached hydrogen (secondary N) is 1. The van der Waals surface area contributed by atoms with Gasteiger partial charge in [0.1, 0.15) is 5.56 Å². The van der Waals surface area contributed by atoms with Crippen molar-refractivity contribution in [1.82, 2.24) is 14.7 Å². The van der Waals surface area contributed by atoms with Crippen LogP contribution in [0.25, 0.3) is 4.96 Å². The third-order valence-electron chi connectivity index (χ3n) is 4.12. The Kier molecular flexibility index (Phi) is 6.69. The lowest BCUT2D eigenvalue weighted by molar-refractivity contribution is -0.137. The molecule has 0 atom stereocenters. The Labute approximate surface area is 149 Å².